The maximum atomic E-state index is 14.0. The average Bonchev–Trinajstić information content (AvgIpc) is 3.24. The molecule has 1 saturated heterocycles. The Morgan fingerprint density at radius 1 is 0.708 bits per heavy atom. The zero-order valence-corrected chi connectivity index (χ0v) is 13.6. The number of rotatable bonds is 0. The van der Waals surface area contributed by atoms with E-state index in [0.29, 0.717) is 0 Å². The normalized spacial score (nSPS) is 25.9. The molecule has 4 heteroatoms. The summed E-state index contributed by atoms with van der Waals surface area (Å²) in [6, 6.07) is 15.3. The molecule has 2 aromatic carbocycles. The van der Waals surface area contributed by atoms with Crippen molar-refractivity contribution >= 4 is 0 Å². The topological polar surface area (TPSA) is 24.1 Å². The van der Waals surface area contributed by atoms with Gasteiger partial charge in [0.2, 0.25) is 0 Å². The summed E-state index contributed by atoms with van der Waals surface area (Å²) in [6.07, 6.45) is 0.773. The Labute approximate surface area is 141 Å². The van der Waals surface area contributed by atoms with Crippen molar-refractivity contribution in [2.45, 2.75) is 24.2 Å². The molecule has 2 aliphatic carbocycles. The van der Waals surface area contributed by atoms with Crippen molar-refractivity contribution in [3.63, 3.8) is 0 Å². The molecular formula is C20H22F2N2. The van der Waals surface area contributed by atoms with Crippen molar-refractivity contribution in [2.75, 3.05) is 26.2 Å². The fourth-order valence-corrected chi connectivity index (χ4v) is 3.91. The second kappa shape index (κ2) is 6.26. The quantitative estimate of drug-likeness (QED) is 0.775. The van der Waals surface area contributed by atoms with Crippen LogP contribution in [0.3, 0.4) is 0 Å². The summed E-state index contributed by atoms with van der Waals surface area (Å²) in [7, 11) is 0. The summed E-state index contributed by atoms with van der Waals surface area (Å²) in [4.78, 5) is 0. The molecule has 2 N–H and O–H groups in total. The third-order valence-corrected chi connectivity index (χ3v) is 5.17. The number of hydrogen-bond donors (Lipinski definition) is 2. The highest BCUT2D eigenvalue weighted by atomic mass is 19.3. The predicted molar refractivity (Wildman–Crippen MR) is 91.9 cm³/mol. The van der Waals surface area contributed by atoms with Crippen molar-refractivity contribution in [3.8, 4) is 0 Å². The standard InChI is InChI=1S/C16H12F2.C4H10N2/c17-16(18)14-12-7-3-1-5-10(12)9-11-6-2-4-8-13(11)15(14)16;1-2-6-4-3-5-1/h1-8,14-15H,9H2;5-6H,1-4H2. The molecule has 0 spiro atoms. The van der Waals surface area contributed by atoms with Gasteiger partial charge in [0, 0.05) is 26.2 Å². The molecule has 0 amide bonds. The molecule has 24 heavy (non-hydrogen) atoms. The Hall–Kier alpha value is -1.78. The van der Waals surface area contributed by atoms with E-state index in [2.05, 4.69) is 10.6 Å². The molecule has 0 radical (unpaired) electrons. The molecule has 1 aliphatic heterocycles. The lowest BCUT2D eigenvalue weighted by Crippen LogP contribution is -2.39. The molecule has 0 aromatic heterocycles. The SMILES string of the molecule is C1CNCCN1.FC1(F)C2c3ccccc3Cc3ccccc3C21. The lowest BCUT2D eigenvalue weighted by molar-refractivity contribution is 0.104. The third-order valence-electron chi connectivity index (χ3n) is 5.17. The first-order chi connectivity index (χ1) is 11.7. The van der Waals surface area contributed by atoms with Gasteiger partial charge >= 0.3 is 0 Å². The first-order valence-corrected chi connectivity index (χ1v) is 8.64. The number of nitrogens with one attached hydrogen (secondary N) is 2. The molecule has 1 heterocycles. The average molecular weight is 328 g/mol. The van der Waals surface area contributed by atoms with E-state index in [0.717, 1.165) is 54.9 Å². The van der Waals surface area contributed by atoms with Gasteiger partial charge in [-0.05, 0) is 28.7 Å². The van der Waals surface area contributed by atoms with Crippen molar-refractivity contribution < 1.29 is 8.78 Å². The van der Waals surface area contributed by atoms with Gasteiger partial charge in [0.1, 0.15) is 0 Å². The van der Waals surface area contributed by atoms with Gasteiger partial charge in [-0.15, -0.1) is 0 Å². The summed E-state index contributed by atoms with van der Waals surface area (Å²) < 4.78 is 28.1. The fraction of sp³-hybridized carbons (Fsp3) is 0.400. The minimum atomic E-state index is -2.58. The highest BCUT2D eigenvalue weighted by Crippen LogP contribution is 2.69. The summed E-state index contributed by atoms with van der Waals surface area (Å²) in [5, 5.41) is 6.44. The number of benzene rings is 2. The van der Waals surface area contributed by atoms with Crippen LogP contribution in [0.25, 0.3) is 0 Å². The summed E-state index contributed by atoms with van der Waals surface area (Å²) in [6.45, 7) is 4.56. The van der Waals surface area contributed by atoms with Gasteiger partial charge in [-0.25, -0.2) is 8.78 Å². The van der Waals surface area contributed by atoms with Crippen LogP contribution in [-0.4, -0.2) is 32.1 Å². The molecule has 5 rings (SSSR count). The molecule has 2 unspecified atom stereocenters. The van der Waals surface area contributed by atoms with E-state index in [1.807, 2.05) is 48.5 Å². The second-order valence-corrected chi connectivity index (χ2v) is 6.70. The van der Waals surface area contributed by atoms with Crippen LogP contribution in [0.4, 0.5) is 8.78 Å². The Balaban J connectivity index is 0.000000207. The third kappa shape index (κ3) is 2.74. The Bertz CT molecular complexity index is 660. The van der Waals surface area contributed by atoms with E-state index in [-0.39, 0.29) is 0 Å². The summed E-state index contributed by atoms with van der Waals surface area (Å²) >= 11 is 0. The van der Waals surface area contributed by atoms with Gasteiger partial charge in [0.25, 0.3) is 5.92 Å². The Kier molecular flexibility index (Phi) is 4.10. The lowest BCUT2D eigenvalue weighted by Gasteiger charge is -2.11. The first-order valence-electron chi connectivity index (χ1n) is 8.64. The van der Waals surface area contributed by atoms with Crippen LogP contribution in [0, 0.1) is 0 Å². The van der Waals surface area contributed by atoms with Gasteiger partial charge in [-0.3, -0.25) is 0 Å². The van der Waals surface area contributed by atoms with Crippen molar-refractivity contribution in [3.05, 3.63) is 70.8 Å². The lowest BCUT2D eigenvalue weighted by atomic mass is 9.97. The number of piperazine rings is 1. The van der Waals surface area contributed by atoms with Crippen LogP contribution in [0.2, 0.25) is 0 Å². The van der Waals surface area contributed by atoms with Gasteiger partial charge in [-0.1, -0.05) is 48.5 Å². The number of alkyl halides is 2. The molecule has 126 valence electrons. The first kappa shape index (κ1) is 15.7. The van der Waals surface area contributed by atoms with Gasteiger partial charge in [0.15, 0.2) is 0 Å². The maximum Gasteiger partial charge on any atom is 0.263 e. The van der Waals surface area contributed by atoms with Gasteiger partial charge < -0.3 is 10.6 Å². The van der Waals surface area contributed by atoms with E-state index in [9.17, 15) is 8.78 Å². The van der Waals surface area contributed by atoms with Gasteiger partial charge in [-0.2, -0.15) is 0 Å². The fourth-order valence-electron chi connectivity index (χ4n) is 3.91. The minimum absolute atomic E-state index is 0.614. The van der Waals surface area contributed by atoms with Crippen LogP contribution in [0.5, 0.6) is 0 Å². The predicted octanol–water partition coefficient (Wildman–Crippen LogP) is 3.29. The van der Waals surface area contributed by atoms with Crippen LogP contribution >= 0.6 is 0 Å². The van der Waals surface area contributed by atoms with E-state index < -0.39 is 17.8 Å². The zero-order valence-electron chi connectivity index (χ0n) is 13.6. The highest BCUT2D eigenvalue weighted by molar-refractivity contribution is 5.53. The number of hydrogen-bond acceptors (Lipinski definition) is 2. The minimum Gasteiger partial charge on any atom is -0.314 e. The number of fused-ring (bicyclic) bond motifs is 5. The van der Waals surface area contributed by atoms with Crippen LogP contribution in [0.15, 0.2) is 48.5 Å². The summed E-state index contributed by atoms with van der Waals surface area (Å²) in [5.41, 5.74) is 3.77. The smallest absolute Gasteiger partial charge is 0.263 e. The van der Waals surface area contributed by atoms with Crippen molar-refractivity contribution in [1.82, 2.24) is 10.6 Å². The zero-order chi connectivity index (χ0) is 16.6. The van der Waals surface area contributed by atoms with Crippen molar-refractivity contribution in [2.24, 2.45) is 0 Å². The van der Waals surface area contributed by atoms with E-state index >= 15 is 0 Å². The van der Waals surface area contributed by atoms with E-state index in [1.165, 1.54) is 0 Å². The molecule has 0 bridgehead atoms. The molecule has 2 nitrogen and oxygen atoms in total. The van der Waals surface area contributed by atoms with E-state index in [1.54, 1.807) is 0 Å². The second-order valence-electron chi connectivity index (χ2n) is 6.70. The van der Waals surface area contributed by atoms with Crippen molar-refractivity contribution in [1.29, 1.82) is 0 Å². The molecule has 2 fully saturated rings. The molecule has 1 saturated carbocycles. The molecular weight excluding hydrogens is 306 g/mol. The number of halogens is 2. The highest BCUT2D eigenvalue weighted by Gasteiger charge is 2.70. The molecule has 2 aromatic rings. The van der Waals surface area contributed by atoms with E-state index in [4.69, 9.17) is 0 Å². The Morgan fingerprint density at radius 3 is 1.54 bits per heavy atom. The Morgan fingerprint density at radius 2 is 1.12 bits per heavy atom. The van der Waals surface area contributed by atoms with Gasteiger partial charge in [0.05, 0.1) is 11.8 Å². The maximum absolute atomic E-state index is 14.0. The van der Waals surface area contributed by atoms with Crippen LogP contribution in [0.1, 0.15) is 34.1 Å². The largest absolute Gasteiger partial charge is 0.314 e. The molecule has 2 atom stereocenters. The monoisotopic (exact) mass is 328 g/mol. The molecule has 3 aliphatic rings. The van der Waals surface area contributed by atoms with Crippen LogP contribution in [-0.2, 0) is 6.42 Å². The summed E-state index contributed by atoms with van der Waals surface area (Å²) in [5.74, 6) is -3.80. The van der Waals surface area contributed by atoms with Crippen LogP contribution < -0.4 is 10.6 Å².